The Morgan fingerprint density at radius 2 is 2.40 bits per heavy atom. The van der Waals surface area contributed by atoms with Crippen molar-refractivity contribution in [2.75, 3.05) is 0 Å². The third-order valence-corrected chi connectivity index (χ3v) is 3.06. The molecule has 2 nitrogen and oxygen atoms in total. The van der Waals surface area contributed by atoms with Crippen LogP contribution in [0.25, 0.3) is 0 Å². The topological polar surface area (TPSA) is 17.8 Å². The first kappa shape index (κ1) is 10.8. The summed E-state index contributed by atoms with van der Waals surface area (Å²) in [5.74, 6) is 0. The van der Waals surface area contributed by atoms with Gasteiger partial charge in [0.25, 0.3) is 0 Å². The molecule has 0 saturated carbocycles. The fourth-order valence-electron chi connectivity index (χ4n) is 1.57. The van der Waals surface area contributed by atoms with Crippen LogP contribution in [0.5, 0.6) is 0 Å². The molecule has 1 heterocycles. The van der Waals surface area contributed by atoms with E-state index in [1.165, 1.54) is 5.57 Å². The van der Waals surface area contributed by atoms with Crippen LogP contribution in [0, 0.1) is 0 Å². The third kappa shape index (κ3) is 2.64. The molecule has 0 bridgehead atoms. The first-order valence-corrected chi connectivity index (χ1v) is 5.66. The summed E-state index contributed by atoms with van der Waals surface area (Å²) in [5, 5.41) is 5.11. The highest BCUT2D eigenvalue weighted by Gasteiger charge is 2.08. The average Bonchev–Trinajstić information content (AvgIpc) is 2.50. The van der Waals surface area contributed by atoms with Crippen LogP contribution in [0.3, 0.4) is 0 Å². The number of hydrogen-bond donors (Lipinski definition) is 0. The molecule has 0 N–H and O–H groups in total. The normalized spacial score (nSPS) is 20.5. The van der Waals surface area contributed by atoms with E-state index in [4.69, 9.17) is 23.2 Å². The molecule has 1 atom stereocenters. The van der Waals surface area contributed by atoms with Crippen molar-refractivity contribution in [2.24, 2.45) is 7.05 Å². The van der Waals surface area contributed by atoms with Gasteiger partial charge in [0.05, 0.1) is 11.1 Å². The number of halogens is 2. The van der Waals surface area contributed by atoms with Gasteiger partial charge in [-0.15, -0.1) is 11.6 Å². The fraction of sp³-hybridized carbons (Fsp3) is 0.364. The van der Waals surface area contributed by atoms with Crippen molar-refractivity contribution >= 4 is 23.2 Å². The van der Waals surface area contributed by atoms with Gasteiger partial charge in [-0.2, -0.15) is 5.10 Å². The van der Waals surface area contributed by atoms with Crippen LogP contribution in [-0.4, -0.2) is 15.2 Å². The Morgan fingerprint density at radius 1 is 1.60 bits per heavy atom. The maximum absolute atomic E-state index is 5.94. The zero-order valence-corrected chi connectivity index (χ0v) is 9.96. The lowest BCUT2D eigenvalue weighted by Gasteiger charge is -2.08. The molecule has 4 heteroatoms. The van der Waals surface area contributed by atoms with Crippen molar-refractivity contribution in [3.05, 3.63) is 40.7 Å². The van der Waals surface area contributed by atoms with Crippen LogP contribution >= 0.6 is 23.2 Å². The van der Waals surface area contributed by atoms with Crippen LogP contribution in [-0.2, 0) is 13.5 Å². The third-order valence-electron chi connectivity index (χ3n) is 2.38. The molecule has 1 aliphatic carbocycles. The number of aromatic nitrogens is 2. The van der Waals surface area contributed by atoms with Crippen molar-refractivity contribution in [3.63, 3.8) is 0 Å². The highest BCUT2D eigenvalue weighted by atomic mass is 35.5. The summed E-state index contributed by atoms with van der Waals surface area (Å²) in [5.41, 5.74) is 2.24. The SMILES string of the molecule is Cn1nc(CC2=CCC(Cl)C=C2)cc1Cl. The molecule has 1 unspecified atom stereocenters. The lowest BCUT2D eigenvalue weighted by Crippen LogP contribution is -2.00. The molecule has 0 saturated heterocycles. The van der Waals surface area contributed by atoms with Gasteiger partial charge in [0.15, 0.2) is 0 Å². The van der Waals surface area contributed by atoms with Crippen LogP contribution in [0.1, 0.15) is 12.1 Å². The predicted molar refractivity (Wildman–Crippen MR) is 63.4 cm³/mol. The molecule has 1 aliphatic rings. The maximum Gasteiger partial charge on any atom is 0.126 e. The summed E-state index contributed by atoms with van der Waals surface area (Å²) >= 11 is 11.9. The Hall–Kier alpha value is -0.730. The number of allylic oxidation sites excluding steroid dienone is 4. The number of aryl methyl sites for hydroxylation is 1. The van der Waals surface area contributed by atoms with Crippen molar-refractivity contribution < 1.29 is 0 Å². The molecule has 0 fully saturated rings. The number of hydrogen-bond acceptors (Lipinski definition) is 1. The first-order chi connectivity index (χ1) is 7.15. The van der Waals surface area contributed by atoms with E-state index in [0.29, 0.717) is 5.15 Å². The number of alkyl halides is 1. The molecule has 80 valence electrons. The average molecular weight is 243 g/mol. The zero-order valence-electron chi connectivity index (χ0n) is 8.45. The minimum absolute atomic E-state index is 0.140. The van der Waals surface area contributed by atoms with E-state index in [1.807, 2.05) is 19.2 Å². The van der Waals surface area contributed by atoms with E-state index < -0.39 is 0 Å². The highest BCUT2D eigenvalue weighted by Crippen LogP contribution is 2.19. The maximum atomic E-state index is 5.94. The summed E-state index contributed by atoms with van der Waals surface area (Å²) in [7, 11) is 1.84. The Labute approximate surface area is 99.2 Å². The molecule has 1 aromatic heterocycles. The van der Waals surface area contributed by atoms with Crippen molar-refractivity contribution in [2.45, 2.75) is 18.2 Å². The van der Waals surface area contributed by atoms with Gasteiger partial charge in [0, 0.05) is 13.5 Å². The molecule has 0 radical (unpaired) electrons. The Bertz CT molecular complexity index is 399. The van der Waals surface area contributed by atoms with Gasteiger partial charge in [0.1, 0.15) is 5.15 Å². The standard InChI is InChI=1S/C11H12Cl2N2/c1-15-11(13)7-10(14-15)6-8-2-4-9(12)5-3-8/h2-4,7,9H,5-6H2,1H3. The van der Waals surface area contributed by atoms with E-state index >= 15 is 0 Å². The second-order valence-electron chi connectivity index (χ2n) is 3.65. The summed E-state index contributed by atoms with van der Waals surface area (Å²) in [4.78, 5) is 0. The molecule has 1 aromatic rings. The summed E-state index contributed by atoms with van der Waals surface area (Å²) < 4.78 is 1.67. The Balaban J connectivity index is 2.07. The first-order valence-electron chi connectivity index (χ1n) is 4.85. The largest absolute Gasteiger partial charge is 0.257 e. The van der Waals surface area contributed by atoms with Crippen LogP contribution in [0.4, 0.5) is 0 Å². The van der Waals surface area contributed by atoms with Gasteiger partial charge in [-0.1, -0.05) is 29.8 Å². The van der Waals surface area contributed by atoms with E-state index in [0.717, 1.165) is 18.5 Å². The van der Waals surface area contributed by atoms with Gasteiger partial charge in [0.2, 0.25) is 0 Å². The fourth-order valence-corrected chi connectivity index (χ4v) is 1.89. The van der Waals surface area contributed by atoms with Gasteiger partial charge >= 0.3 is 0 Å². The number of nitrogens with zero attached hydrogens (tertiary/aromatic N) is 2. The van der Waals surface area contributed by atoms with Crippen LogP contribution in [0.2, 0.25) is 5.15 Å². The van der Waals surface area contributed by atoms with E-state index in [9.17, 15) is 0 Å². The van der Waals surface area contributed by atoms with Gasteiger partial charge in [-0.05, 0) is 18.1 Å². The van der Waals surface area contributed by atoms with Crippen LogP contribution in [0.15, 0.2) is 29.9 Å². The summed E-state index contributed by atoms with van der Waals surface area (Å²) in [6.07, 6.45) is 7.94. The summed E-state index contributed by atoms with van der Waals surface area (Å²) in [6, 6.07) is 1.89. The van der Waals surface area contributed by atoms with E-state index in [2.05, 4.69) is 17.3 Å². The molecule has 0 aromatic carbocycles. The molecular weight excluding hydrogens is 231 g/mol. The molecule has 0 aliphatic heterocycles. The van der Waals surface area contributed by atoms with E-state index in [1.54, 1.807) is 4.68 Å². The Kier molecular flexibility index (Phi) is 3.17. The molecule has 2 rings (SSSR count). The van der Waals surface area contributed by atoms with Crippen molar-refractivity contribution in [1.29, 1.82) is 0 Å². The zero-order chi connectivity index (χ0) is 10.8. The van der Waals surface area contributed by atoms with Gasteiger partial charge < -0.3 is 0 Å². The summed E-state index contributed by atoms with van der Waals surface area (Å²) in [6.45, 7) is 0. The number of rotatable bonds is 2. The molecule has 15 heavy (non-hydrogen) atoms. The minimum atomic E-state index is 0.140. The van der Waals surface area contributed by atoms with Crippen molar-refractivity contribution in [3.8, 4) is 0 Å². The predicted octanol–water partition coefficient (Wildman–Crippen LogP) is 3.11. The molecular formula is C11H12Cl2N2. The minimum Gasteiger partial charge on any atom is -0.257 e. The molecule has 0 amide bonds. The second-order valence-corrected chi connectivity index (χ2v) is 4.60. The quantitative estimate of drug-likeness (QED) is 0.730. The smallest absolute Gasteiger partial charge is 0.126 e. The Morgan fingerprint density at radius 3 is 2.93 bits per heavy atom. The van der Waals surface area contributed by atoms with Crippen LogP contribution < -0.4 is 0 Å². The van der Waals surface area contributed by atoms with Gasteiger partial charge in [-0.25, -0.2) is 0 Å². The second kappa shape index (κ2) is 4.42. The van der Waals surface area contributed by atoms with Crippen molar-refractivity contribution in [1.82, 2.24) is 9.78 Å². The van der Waals surface area contributed by atoms with E-state index in [-0.39, 0.29) is 5.38 Å². The lowest BCUT2D eigenvalue weighted by atomic mass is 10.0. The van der Waals surface area contributed by atoms with Gasteiger partial charge in [-0.3, -0.25) is 4.68 Å². The highest BCUT2D eigenvalue weighted by molar-refractivity contribution is 6.29. The lowest BCUT2D eigenvalue weighted by molar-refractivity contribution is 0.749. The monoisotopic (exact) mass is 242 g/mol. The molecule has 0 spiro atoms.